The van der Waals surface area contributed by atoms with E-state index in [9.17, 15) is 24.3 Å². The zero-order chi connectivity index (χ0) is 20.8. The van der Waals surface area contributed by atoms with Gasteiger partial charge in [-0.15, -0.1) is 0 Å². The highest BCUT2D eigenvalue weighted by atomic mass is 16.4. The van der Waals surface area contributed by atoms with Gasteiger partial charge < -0.3 is 20.3 Å². The molecule has 0 radical (unpaired) electrons. The van der Waals surface area contributed by atoms with Crippen LogP contribution in [0.25, 0.3) is 0 Å². The molecule has 0 bridgehead atoms. The van der Waals surface area contributed by atoms with Gasteiger partial charge in [0.25, 0.3) is 5.91 Å². The van der Waals surface area contributed by atoms with Gasteiger partial charge in [0, 0.05) is 38.4 Å². The summed E-state index contributed by atoms with van der Waals surface area (Å²) in [5.74, 6) is -4.19. The standard InChI is InChI=1S/C15H17N3O5.C2H4O2/c1-10(19)16-15(9-17-6-4-3-5-7-17)8-12(13(21)22)18(11(2)20)14(15)23;1-2(3)4/h3-7,12H,8-9H2,1-2H3,(H-,16,19,21,22);1H3,(H,3,4). The van der Waals surface area contributed by atoms with Crippen molar-refractivity contribution in [2.45, 2.75) is 45.3 Å². The predicted octanol–water partition coefficient (Wildman–Crippen LogP) is -2.16. The maximum Gasteiger partial charge on any atom is 0.327 e. The minimum Gasteiger partial charge on any atom is -0.550 e. The number of hydrogen-bond donors (Lipinski definition) is 2. The fourth-order valence-corrected chi connectivity index (χ4v) is 2.91. The Bertz CT molecular complexity index is 746. The number of carbonyl (C=O) groups excluding carboxylic acids is 4. The fourth-order valence-electron chi connectivity index (χ4n) is 2.91. The Labute approximate surface area is 155 Å². The van der Waals surface area contributed by atoms with E-state index in [4.69, 9.17) is 9.90 Å². The molecule has 1 aliphatic rings. The number of nitrogens with zero attached hydrogens (tertiary/aromatic N) is 2. The highest BCUT2D eigenvalue weighted by molar-refractivity contribution is 6.06. The summed E-state index contributed by atoms with van der Waals surface area (Å²) in [5, 5.41) is 20.8. The lowest BCUT2D eigenvalue weighted by Gasteiger charge is -2.24. The molecule has 27 heavy (non-hydrogen) atoms. The Balaban J connectivity index is 0.000000828. The van der Waals surface area contributed by atoms with E-state index in [-0.39, 0.29) is 13.0 Å². The largest absolute Gasteiger partial charge is 0.550 e. The molecule has 1 aromatic rings. The first kappa shape index (κ1) is 21.7. The number of carbonyl (C=O) groups is 5. The molecule has 2 unspecified atom stereocenters. The molecule has 10 nitrogen and oxygen atoms in total. The van der Waals surface area contributed by atoms with E-state index >= 15 is 0 Å². The van der Waals surface area contributed by atoms with Gasteiger partial charge in [0.05, 0.1) is 0 Å². The molecule has 1 aromatic heterocycles. The molecule has 3 amide bonds. The van der Waals surface area contributed by atoms with Crippen LogP contribution in [0.15, 0.2) is 30.6 Å². The average molecular weight is 379 g/mol. The summed E-state index contributed by atoms with van der Waals surface area (Å²) in [5.41, 5.74) is -1.47. The third-order valence-corrected chi connectivity index (χ3v) is 3.75. The minimum absolute atomic E-state index is 0.0415. The second-order valence-corrected chi connectivity index (χ2v) is 6.06. The van der Waals surface area contributed by atoms with Crippen molar-refractivity contribution in [1.82, 2.24) is 10.2 Å². The number of aromatic nitrogens is 1. The van der Waals surface area contributed by atoms with Crippen molar-refractivity contribution >= 4 is 29.7 Å². The van der Waals surface area contributed by atoms with Crippen LogP contribution in [0.1, 0.15) is 27.2 Å². The second-order valence-electron chi connectivity index (χ2n) is 6.06. The molecule has 2 heterocycles. The van der Waals surface area contributed by atoms with Gasteiger partial charge in [-0.3, -0.25) is 19.3 Å². The number of amides is 3. The number of rotatable bonds is 4. The van der Waals surface area contributed by atoms with Crippen molar-refractivity contribution in [2.75, 3.05) is 0 Å². The van der Waals surface area contributed by atoms with Gasteiger partial charge in [-0.05, 0) is 6.92 Å². The van der Waals surface area contributed by atoms with Crippen LogP contribution in [0.2, 0.25) is 0 Å². The van der Waals surface area contributed by atoms with Gasteiger partial charge in [0.1, 0.15) is 6.04 Å². The molecular formula is C17H21N3O7. The molecule has 1 aliphatic heterocycles. The quantitative estimate of drug-likeness (QED) is 0.566. The van der Waals surface area contributed by atoms with Crippen LogP contribution in [0.4, 0.5) is 0 Å². The molecule has 0 spiro atoms. The average Bonchev–Trinajstić information content (AvgIpc) is 2.80. The van der Waals surface area contributed by atoms with Gasteiger partial charge in [-0.25, -0.2) is 9.36 Å². The van der Waals surface area contributed by atoms with E-state index in [0.717, 1.165) is 13.8 Å². The first-order valence-corrected chi connectivity index (χ1v) is 7.97. The van der Waals surface area contributed by atoms with E-state index in [1.807, 2.05) is 0 Å². The van der Waals surface area contributed by atoms with E-state index in [1.165, 1.54) is 6.92 Å². The SMILES string of the molecule is CC(=O)NC1(C[n+]2ccccc2)CC(C(=O)O)N(C(C)=O)C1=O.CC(=O)[O-]. The summed E-state index contributed by atoms with van der Waals surface area (Å²) in [6.07, 6.45) is 3.22. The lowest BCUT2D eigenvalue weighted by Crippen LogP contribution is -2.61. The summed E-state index contributed by atoms with van der Waals surface area (Å²) >= 11 is 0. The van der Waals surface area contributed by atoms with Crippen LogP contribution in [0.3, 0.4) is 0 Å². The van der Waals surface area contributed by atoms with Crippen molar-refractivity contribution in [1.29, 1.82) is 0 Å². The number of hydrogen-bond acceptors (Lipinski definition) is 6. The van der Waals surface area contributed by atoms with E-state index in [2.05, 4.69) is 5.32 Å². The molecule has 10 heteroatoms. The normalized spacial score (nSPS) is 21.1. The first-order valence-electron chi connectivity index (χ1n) is 7.97. The minimum atomic E-state index is -1.47. The molecule has 2 atom stereocenters. The first-order chi connectivity index (χ1) is 12.5. The predicted molar refractivity (Wildman–Crippen MR) is 87.4 cm³/mol. The lowest BCUT2D eigenvalue weighted by molar-refractivity contribution is -0.702. The summed E-state index contributed by atoms with van der Waals surface area (Å²) in [4.78, 5) is 57.0. The van der Waals surface area contributed by atoms with E-state index in [1.54, 1.807) is 35.2 Å². The van der Waals surface area contributed by atoms with Crippen molar-refractivity contribution in [3.8, 4) is 0 Å². The fraction of sp³-hybridized carbons (Fsp3) is 0.412. The van der Waals surface area contributed by atoms with Gasteiger partial charge >= 0.3 is 5.97 Å². The second kappa shape index (κ2) is 8.88. The number of imide groups is 1. The third-order valence-electron chi connectivity index (χ3n) is 3.75. The molecule has 0 aromatic carbocycles. The summed E-state index contributed by atoms with van der Waals surface area (Å²) in [7, 11) is 0. The molecule has 1 fully saturated rings. The van der Waals surface area contributed by atoms with E-state index in [0.29, 0.717) is 4.90 Å². The molecule has 146 valence electrons. The van der Waals surface area contributed by atoms with Gasteiger partial charge in [-0.1, -0.05) is 6.07 Å². The molecule has 2 rings (SSSR count). The Hall–Kier alpha value is -3.30. The van der Waals surface area contributed by atoms with Crippen LogP contribution >= 0.6 is 0 Å². The highest BCUT2D eigenvalue weighted by Gasteiger charge is 2.58. The van der Waals surface area contributed by atoms with Gasteiger partial charge in [-0.2, -0.15) is 0 Å². The zero-order valence-electron chi connectivity index (χ0n) is 15.2. The van der Waals surface area contributed by atoms with Crippen LogP contribution < -0.4 is 15.0 Å². The van der Waals surface area contributed by atoms with Crippen LogP contribution in [-0.4, -0.2) is 51.2 Å². The maximum atomic E-state index is 12.7. The van der Waals surface area contributed by atoms with Crippen LogP contribution in [0.5, 0.6) is 0 Å². The summed E-state index contributed by atoms with van der Waals surface area (Å²) in [6, 6.07) is 3.99. The highest BCUT2D eigenvalue weighted by Crippen LogP contribution is 2.30. The van der Waals surface area contributed by atoms with Crippen LogP contribution in [-0.2, 0) is 30.5 Å². The molecular weight excluding hydrogens is 358 g/mol. The van der Waals surface area contributed by atoms with Gasteiger partial charge in [0.15, 0.2) is 24.5 Å². The Kier molecular flexibility index (Phi) is 7.15. The molecule has 2 N–H and O–H groups in total. The van der Waals surface area contributed by atoms with Gasteiger partial charge in [0.2, 0.25) is 11.8 Å². The summed E-state index contributed by atoms with van der Waals surface area (Å²) < 4.78 is 1.66. The lowest BCUT2D eigenvalue weighted by atomic mass is 9.94. The monoisotopic (exact) mass is 379 g/mol. The number of pyridine rings is 1. The number of carboxylic acid groups (broad SMARTS) is 2. The molecule has 1 saturated heterocycles. The Morgan fingerprint density at radius 2 is 1.74 bits per heavy atom. The maximum absolute atomic E-state index is 12.7. The number of nitrogens with one attached hydrogen (secondary N) is 1. The third kappa shape index (κ3) is 5.59. The van der Waals surface area contributed by atoms with E-state index < -0.39 is 41.2 Å². The van der Waals surface area contributed by atoms with Crippen molar-refractivity contribution in [3.63, 3.8) is 0 Å². The number of likely N-dealkylation sites (tertiary alicyclic amines) is 1. The number of aliphatic carboxylic acids is 2. The Morgan fingerprint density at radius 1 is 1.22 bits per heavy atom. The summed E-state index contributed by atoms with van der Waals surface area (Å²) in [6.45, 7) is 3.39. The molecule has 0 saturated carbocycles. The number of carboxylic acids is 2. The van der Waals surface area contributed by atoms with Crippen molar-refractivity contribution in [2.24, 2.45) is 0 Å². The van der Waals surface area contributed by atoms with Crippen LogP contribution in [0, 0.1) is 0 Å². The smallest absolute Gasteiger partial charge is 0.327 e. The molecule has 0 aliphatic carbocycles. The topological polar surface area (TPSA) is 148 Å². The van der Waals surface area contributed by atoms with Crippen molar-refractivity contribution < 1.29 is 38.8 Å². The Morgan fingerprint density at radius 3 is 2.11 bits per heavy atom. The van der Waals surface area contributed by atoms with Crippen molar-refractivity contribution in [3.05, 3.63) is 30.6 Å². The zero-order valence-corrected chi connectivity index (χ0v) is 15.2.